The summed E-state index contributed by atoms with van der Waals surface area (Å²) in [5.74, 6) is 1.36. The molecule has 0 aromatic carbocycles. The van der Waals surface area contributed by atoms with Crippen LogP contribution in [0, 0.1) is 22.0 Å². The Bertz CT molecular complexity index is 499. The fourth-order valence-corrected chi connectivity index (χ4v) is 4.06. The van der Waals surface area contributed by atoms with Crippen LogP contribution in [0.1, 0.15) is 51.0 Å². The lowest BCUT2D eigenvalue weighted by molar-refractivity contribution is -0.383. The molecule has 118 valence electrons. The van der Waals surface area contributed by atoms with E-state index < -0.39 is 6.10 Å². The molecule has 2 atom stereocenters. The highest BCUT2D eigenvalue weighted by Gasteiger charge is 2.27. The third kappa shape index (κ3) is 3.74. The predicted molar refractivity (Wildman–Crippen MR) is 86.0 cm³/mol. The minimum Gasteiger partial charge on any atom is -0.388 e. The number of aliphatic hydroxyl groups is 1. The van der Waals surface area contributed by atoms with Crippen LogP contribution < -0.4 is 4.90 Å². The van der Waals surface area contributed by atoms with Crippen molar-refractivity contribution >= 4 is 22.0 Å². The molecular formula is C15H24N2O3S. The van der Waals surface area contributed by atoms with E-state index in [4.69, 9.17) is 0 Å². The lowest BCUT2D eigenvalue weighted by Crippen LogP contribution is -2.24. The second kappa shape index (κ2) is 6.75. The fourth-order valence-electron chi connectivity index (χ4n) is 2.94. The van der Waals surface area contributed by atoms with Crippen molar-refractivity contribution in [3.63, 3.8) is 0 Å². The molecule has 1 saturated heterocycles. The summed E-state index contributed by atoms with van der Waals surface area (Å²) in [6.07, 6.45) is 2.69. The second-order valence-electron chi connectivity index (χ2n) is 6.19. The minimum absolute atomic E-state index is 0.138. The molecule has 0 saturated carbocycles. The molecule has 1 aliphatic rings. The number of hydrogen-bond acceptors (Lipinski definition) is 5. The Morgan fingerprint density at radius 2 is 2.10 bits per heavy atom. The van der Waals surface area contributed by atoms with E-state index in [-0.39, 0.29) is 10.6 Å². The Balaban J connectivity index is 2.22. The molecule has 1 aliphatic heterocycles. The number of anilines is 1. The van der Waals surface area contributed by atoms with Gasteiger partial charge in [0.05, 0.1) is 11.0 Å². The molecule has 1 unspecified atom stereocenters. The van der Waals surface area contributed by atoms with Crippen LogP contribution in [0.2, 0.25) is 0 Å². The summed E-state index contributed by atoms with van der Waals surface area (Å²) in [7, 11) is 0. The van der Waals surface area contributed by atoms with Gasteiger partial charge in [-0.05, 0) is 38.0 Å². The lowest BCUT2D eigenvalue weighted by atomic mass is 9.89. The standard InChI is InChI=1S/C15H24N2O3S/c1-10(2)12-5-4-7-16(8-6-12)15-13(17(19)20)9-14(21-15)11(3)18/h9-12,18H,4-8H2,1-3H3/t11-,12?/m1/s1. The monoisotopic (exact) mass is 312 g/mol. The summed E-state index contributed by atoms with van der Waals surface area (Å²) in [4.78, 5) is 13.7. The summed E-state index contributed by atoms with van der Waals surface area (Å²) in [6.45, 7) is 7.88. The van der Waals surface area contributed by atoms with Crippen LogP contribution in [-0.2, 0) is 0 Å². The maximum Gasteiger partial charge on any atom is 0.304 e. The van der Waals surface area contributed by atoms with Crippen molar-refractivity contribution < 1.29 is 10.0 Å². The van der Waals surface area contributed by atoms with Crippen LogP contribution in [0.25, 0.3) is 0 Å². The van der Waals surface area contributed by atoms with E-state index in [1.165, 1.54) is 23.8 Å². The molecule has 1 fully saturated rings. The van der Waals surface area contributed by atoms with E-state index >= 15 is 0 Å². The van der Waals surface area contributed by atoms with Crippen LogP contribution in [0.5, 0.6) is 0 Å². The summed E-state index contributed by atoms with van der Waals surface area (Å²) in [6, 6.07) is 1.52. The Morgan fingerprint density at radius 3 is 2.67 bits per heavy atom. The number of rotatable bonds is 4. The molecule has 21 heavy (non-hydrogen) atoms. The Morgan fingerprint density at radius 1 is 1.38 bits per heavy atom. The zero-order valence-corrected chi connectivity index (χ0v) is 13.7. The van der Waals surface area contributed by atoms with Crippen molar-refractivity contribution in [2.45, 2.75) is 46.1 Å². The number of thiophene rings is 1. The van der Waals surface area contributed by atoms with Crippen LogP contribution >= 0.6 is 11.3 Å². The molecule has 2 heterocycles. The highest BCUT2D eigenvalue weighted by atomic mass is 32.1. The number of nitro groups is 1. The van der Waals surface area contributed by atoms with E-state index in [2.05, 4.69) is 18.7 Å². The third-order valence-corrected chi connectivity index (χ3v) is 5.68. The Kier molecular flexibility index (Phi) is 5.22. The first-order chi connectivity index (χ1) is 9.90. The van der Waals surface area contributed by atoms with Gasteiger partial charge in [0, 0.05) is 24.0 Å². The summed E-state index contributed by atoms with van der Waals surface area (Å²) >= 11 is 1.36. The van der Waals surface area contributed by atoms with Gasteiger partial charge in [0.25, 0.3) is 0 Å². The first kappa shape index (κ1) is 16.2. The van der Waals surface area contributed by atoms with Gasteiger partial charge >= 0.3 is 5.69 Å². The zero-order chi connectivity index (χ0) is 15.6. The van der Waals surface area contributed by atoms with Gasteiger partial charge in [-0.1, -0.05) is 13.8 Å². The topological polar surface area (TPSA) is 66.6 Å². The van der Waals surface area contributed by atoms with Crippen LogP contribution in [-0.4, -0.2) is 23.1 Å². The lowest BCUT2D eigenvalue weighted by Gasteiger charge is -2.21. The van der Waals surface area contributed by atoms with Crippen LogP contribution in [0.4, 0.5) is 10.7 Å². The van der Waals surface area contributed by atoms with Crippen LogP contribution in [0.15, 0.2) is 6.07 Å². The smallest absolute Gasteiger partial charge is 0.304 e. The second-order valence-corrected chi connectivity index (χ2v) is 7.26. The van der Waals surface area contributed by atoms with Gasteiger partial charge < -0.3 is 10.0 Å². The maximum atomic E-state index is 11.3. The number of aliphatic hydroxyl groups excluding tert-OH is 1. The molecule has 5 nitrogen and oxygen atoms in total. The highest BCUT2D eigenvalue weighted by molar-refractivity contribution is 7.16. The van der Waals surface area contributed by atoms with E-state index in [0.717, 1.165) is 25.9 Å². The molecule has 2 rings (SSSR count). The molecule has 0 aliphatic carbocycles. The predicted octanol–water partition coefficient (Wildman–Crippen LogP) is 3.97. The van der Waals surface area contributed by atoms with Gasteiger partial charge in [-0.25, -0.2) is 0 Å². The average molecular weight is 312 g/mol. The Labute approximate surface area is 129 Å². The fraction of sp³-hybridized carbons (Fsp3) is 0.733. The average Bonchev–Trinajstić information content (AvgIpc) is 2.71. The van der Waals surface area contributed by atoms with Gasteiger partial charge in [-0.2, -0.15) is 0 Å². The van der Waals surface area contributed by atoms with Gasteiger partial charge in [0.2, 0.25) is 0 Å². The van der Waals surface area contributed by atoms with Gasteiger partial charge in [0.15, 0.2) is 5.00 Å². The van der Waals surface area contributed by atoms with Crippen molar-refractivity contribution in [1.82, 2.24) is 0 Å². The largest absolute Gasteiger partial charge is 0.388 e. The zero-order valence-electron chi connectivity index (χ0n) is 12.9. The summed E-state index contributed by atoms with van der Waals surface area (Å²) in [5, 5.41) is 21.7. The first-order valence-electron chi connectivity index (χ1n) is 7.61. The molecular weight excluding hydrogens is 288 g/mol. The van der Waals surface area contributed by atoms with E-state index in [9.17, 15) is 15.2 Å². The first-order valence-corrected chi connectivity index (χ1v) is 8.43. The Hall–Kier alpha value is -1.14. The van der Waals surface area contributed by atoms with Gasteiger partial charge in [-0.3, -0.25) is 10.1 Å². The van der Waals surface area contributed by atoms with Crippen molar-refractivity contribution in [2.75, 3.05) is 18.0 Å². The normalized spacial score (nSPS) is 21.4. The molecule has 1 aromatic heterocycles. The quantitative estimate of drug-likeness (QED) is 0.674. The van der Waals surface area contributed by atoms with Crippen molar-refractivity contribution in [2.24, 2.45) is 11.8 Å². The van der Waals surface area contributed by atoms with E-state index in [1.54, 1.807) is 6.92 Å². The SMILES string of the molecule is CC(C)C1CCCN(c2sc([C@@H](C)O)cc2[N+](=O)[O-])CC1. The molecule has 1 aromatic rings. The molecule has 0 radical (unpaired) electrons. The molecule has 0 spiro atoms. The molecule has 1 N–H and O–H groups in total. The number of nitrogens with zero attached hydrogens (tertiary/aromatic N) is 2. The van der Waals surface area contributed by atoms with E-state index in [0.29, 0.717) is 21.7 Å². The maximum absolute atomic E-state index is 11.3. The molecule has 0 bridgehead atoms. The minimum atomic E-state index is -0.655. The molecule has 0 amide bonds. The van der Waals surface area contributed by atoms with E-state index in [1.807, 2.05) is 0 Å². The van der Waals surface area contributed by atoms with Crippen LogP contribution in [0.3, 0.4) is 0 Å². The summed E-state index contributed by atoms with van der Waals surface area (Å²) in [5.41, 5.74) is 0.138. The van der Waals surface area contributed by atoms with Gasteiger partial charge in [-0.15, -0.1) is 11.3 Å². The van der Waals surface area contributed by atoms with Crippen molar-refractivity contribution in [3.05, 3.63) is 21.1 Å². The summed E-state index contributed by atoms with van der Waals surface area (Å²) < 4.78 is 0. The van der Waals surface area contributed by atoms with Crippen molar-refractivity contribution in [1.29, 1.82) is 0 Å². The van der Waals surface area contributed by atoms with Gasteiger partial charge in [0.1, 0.15) is 0 Å². The number of hydrogen-bond donors (Lipinski definition) is 1. The highest BCUT2D eigenvalue weighted by Crippen LogP contribution is 2.41. The van der Waals surface area contributed by atoms with Crippen molar-refractivity contribution in [3.8, 4) is 0 Å². The molecule has 6 heteroatoms. The third-order valence-electron chi connectivity index (χ3n) is 4.32.